The lowest BCUT2D eigenvalue weighted by atomic mass is 10.1. The lowest BCUT2D eigenvalue weighted by molar-refractivity contribution is 0.503. The lowest BCUT2D eigenvalue weighted by Crippen LogP contribution is -2.45. The SMILES string of the molecule is CC(C)(C)NC(N)=NCC1(CS(C)(=O)=O)CC1. The van der Waals surface area contributed by atoms with Crippen LogP contribution in [0.3, 0.4) is 0 Å². The van der Waals surface area contributed by atoms with Gasteiger partial charge in [0.05, 0.1) is 5.75 Å². The van der Waals surface area contributed by atoms with Crippen LogP contribution in [0.4, 0.5) is 0 Å². The fourth-order valence-corrected chi connectivity index (χ4v) is 3.25. The minimum Gasteiger partial charge on any atom is -0.370 e. The van der Waals surface area contributed by atoms with Crippen LogP contribution < -0.4 is 11.1 Å². The van der Waals surface area contributed by atoms with Crippen molar-refractivity contribution in [3.8, 4) is 0 Å². The van der Waals surface area contributed by atoms with Crippen molar-refractivity contribution in [3.63, 3.8) is 0 Å². The first kappa shape index (κ1) is 14.3. The number of guanidine groups is 1. The van der Waals surface area contributed by atoms with Gasteiger partial charge < -0.3 is 11.1 Å². The maximum atomic E-state index is 11.3. The van der Waals surface area contributed by atoms with Crippen molar-refractivity contribution in [1.82, 2.24) is 5.32 Å². The molecule has 0 heterocycles. The molecule has 0 unspecified atom stereocenters. The summed E-state index contributed by atoms with van der Waals surface area (Å²) >= 11 is 0. The van der Waals surface area contributed by atoms with Gasteiger partial charge in [-0.25, -0.2) is 8.42 Å². The van der Waals surface area contributed by atoms with E-state index in [1.54, 1.807) is 0 Å². The number of hydrogen-bond acceptors (Lipinski definition) is 3. The second-order valence-corrected chi connectivity index (χ2v) is 8.29. The van der Waals surface area contributed by atoms with Crippen LogP contribution in [0.25, 0.3) is 0 Å². The number of rotatable bonds is 4. The average Bonchev–Trinajstić information content (AvgIpc) is 2.76. The summed E-state index contributed by atoms with van der Waals surface area (Å²) < 4.78 is 22.5. The van der Waals surface area contributed by atoms with Crippen LogP contribution in [-0.2, 0) is 9.84 Å². The molecule has 1 fully saturated rings. The van der Waals surface area contributed by atoms with E-state index < -0.39 is 9.84 Å². The lowest BCUT2D eigenvalue weighted by Gasteiger charge is -2.21. The number of sulfone groups is 1. The molecule has 1 rings (SSSR count). The van der Waals surface area contributed by atoms with Crippen molar-refractivity contribution in [2.45, 2.75) is 39.2 Å². The topological polar surface area (TPSA) is 84.5 Å². The molecule has 6 heteroatoms. The van der Waals surface area contributed by atoms with Crippen LogP contribution in [0.2, 0.25) is 0 Å². The van der Waals surface area contributed by atoms with Crippen molar-refractivity contribution in [2.75, 3.05) is 18.6 Å². The van der Waals surface area contributed by atoms with Gasteiger partial charge in [0.15, 0.2) is 5.96 Å². The zero-order valence-corrected chi connectivity index (χ0v) is 11.9. The third-order valence-electron chi connectivity index (χ3n) is 2.61. The molecule has 0 aliphatic heterocycles. The Labute approximate surface area is 104 Å². The Bertz CT molecular complexity index is 403. The maximum absolute atomic E-state index is 11.3. The molecule has 0 bridgehead atoms. The van der Waals surface area contributed by atoms with Gasteiger partial charge in [0.25, 0.3) is 0 Å². The van der Waals surface area contributed by atoms with E-state index >= 15 is 0 Å². The third-order valence-corrected chi connectivity index (χ3v) is 3.75. The maximum Gasteiger partial charge on any atom is 0.189 e. The van der Waals surface area contributed by atoms with Crippen molar-refractivity contribution >= 4 is 15.8 Å². The molecule has 100 valence electrons. The van der Waals surface area contributed by atoms with Gasteiger partial charge in [-0.05, 0) is 33.6 Å². The molecule has 1 saturated carbocycles. The van der Waals surface area contributed by atoms with Gasteiger partial charge in [-0.15, -0.1) is 0 Å². The average molecular weight is 261 g/mol. The molecule has 5 nitrogen and oxygen atoms in total. The van der Waals surface area contributed by atoms with E-state index in [0.717, 1.165) is 12.8 Å². The number of nitrogens with one attached hydrogen (secondary N) is 1. The van der Waals surface area contributed by atoms with Crippen LogP contribution in [0.5, 0.6) is 0 Å². The minimum atomic E-state index is -2.93. The molecule has 0 spiro atoms. The van der Waals surface area contributed by atoms with Crippen LogP contribution in [-0.4, -0.2) is 38.5 Å². The molecule has 0 aromatic rings. The van der Waals surface area contributed by atoms with E-state index in [4.69, 9.17) is 5.73 Å². The van der Waals surface area contributed by atoms with Gasteiger partial charge >= 0.3 is 0 Å². The van der Waals surface area contributed by atoms with E-state index in [-0.39, 0.29) is 16.7 Å². The largest absolute Gasteiger partial charge is 0.370 e. The van der Waals surface area contributed by atoms with E-state index in [9.17, 15) is 8.42 Å². The van der Waals surface area contributed by atoms with Crippen LogP contribution in [0.1, 0.15) is 33.6 Å². The molecular weight excluding hydrogens is 238 g/mol. The Hall–Kier alpha value is -0.780. The smallest absolute Gasteiger partial charge is 0.189 e. The van der Waals surface area contributed by atoms with Crippen molar-refractivity contribution < 1.29 is 8.42 Å². The summed E-state index contributed by atoms with van der Waals surface area (Å²) in [6.45, 7) is 6.49. The number of nitrogens with two attached hydrogens (primary N) is 1. The first-order valence-electron chi connectivity index (χ1n) is 5.77. The predicted molar refractivity (Wildman–Crippen MR) is 70.8 cm³/mol. The van der Waals surface area contributed by atoms with Crippen LogP contribution in [0.15, 0.2) is 4.99 Å². The highest BCUT2D eigenvalue weighted by atomic mass is 32.2. The van der Waals surface area contributed by atoms with E-state index in [1.807, 2.05) is 20.8 Å². The van der Waals surface area contributed by atoms with Crippen molar-refractivity contribution in [3.05, 3.63) is 0 Å². The third kappa shape index (κ3) is 5.91. The summed E-state index contributed by atoms with van der Waals surface area (Å²) in [6, 6.07) is 0. The van der Waals surface area contributed by atoms with Gasteiger partial charge in [-0.1, -0.05) is 0 Å². The first-order valence-corrected chi connectivity index (χ1v) is 7.83. The molecular formula is C11H23N3O2S. The van der Waals surface area contributed by atoms with Crippen molar-refractivity contribution in [1.29, 1.82) is 0 Å². The van der Waals surface area contributed by atoms with Gasteiger partial charge in [-0.3, -0.25) is 4.99 Å². The highest BCUT2D eigenvalue weighted by Crippen LogP contribution is 2.46. The quantitative estimate of drug-likeness (QED) is 0.570. The molecule has 1 aliphatic rings. The molecule has 0 aromatic heterocycles. The van der Waals surface area contributed by atoms with Gasteiger partial charge in [0.1, 0.15) is 9.84 Å². The molecule has 0 amide bonds. The van der Waals surface area contributed by atoms with E-state index in [2.05, 4.69) is 10.3 Å². The minimum absolute atomic E-state index is 0.124. The number of nitrogens with zero attached hydrogens (tertiary/aromatic N) is 1. The Morgan fingerprint density at radius 1 is 1.41 bits per heavy atom. The zero-order chi connectivity index (χ0) is 13.3. The summed E-state index contributed by atoms with van der Waals surface area (Å²) in [5.74, 6) is 0.601. The molecule has 3 N–H and O–H groups in total. The predicted octanol–water partition coefficient (Wildman–Crippen LogP) is 0.514. The highest BCUT2D eigenvalue weighted by molar-refractivity contribution is 7.90. The first-order chi connectivity index (χ1) is 7.52. The zero-order valence-electron chi connectivity index (χ0n) is 11.1. The number of aliphatic imine (C=N–C) groups is 1. The summed E-state index contributed by atoms with van der Waals surface area (Å²) in [5, 5.41) is 3.06. The second-order valence-electron chi connectivity index (χ2n) is 6.15. The Morgan fingerprint density at radius 2 is 1.94 bits per heavy atom. The van der Waals surface area contributed by atoms with E-state index in [1.165, 1.54) is 6.26 Å². The van der Waals surface area contributed by atoms with Crippen LogP contribution >= 0.6 is 0 Å². The van der Waals surface area contributed by atoms with Crippen molar-refractivity contribution in [2.24, 2.45) is 16.1 Å². The second kappa shape index (κ2) is 4.48. The summed E-state index contributed by atoms with van der Waals surface area (Å²) in [4.78, 5) is 4.25. The Morgan fingerprint density at radius 3 is 2.29 bits per heavy atom. The fraction of sp³-hybridized carbons (Fsp3) is 0.909. The summed E-state index contributed by atoms with van der Waals surface area (Å²) in [7, 11) is -2.93. The van der Waals surface area contributed by atoms with E-state index in [0.29, 0.717) is 12.5 Å². The van der Waals surface area contributed by atoms with Gasteiger partial charge in [0, 0.05) is 23.8 Å². The molecule has 0 radical (unpaired) electrons. The number of hydrogen-bond donors (Lipinski definition) is 2. The molecule has 0 aromatic carbocycles. The Kier molecular flexibility index (Phi) is 3.76. The monoisotopic (exact) mass is 261 g/mol. The van der Waals surface area contributed by atoms with Crippen LogP contribution in [0, 0.1) is 5.41 Å². The van der Waals surface area contributed by atoms with Gasteiger partial charge in [-0.2, -0.15) is 0 Å². The molecule has 1 aliphatic carbocycles. The molecule has 17 heavy (non-hydrogen) atoms. The summed E-state index contributed by atoms with van der Waals surface area (Å²) in [6.07, 6.45) is 3.12. The molecule has 0 saturated heterocycles. The molecule has 0 atom stereocenters. The van der Waals surface area contributed by atoms with Gasteiger partial charge in [0.2, 0.25) is 0 Å². The summed E-state index contributed by atoms with van der Waals surface area (Å²) in [5.41, 5.74) is 5.47. The standard InChI is InChI=1S/C11H23N3O2S/c1-10(2,3)14-9(12)13-7-11(5-6-11)8-17(4,15)16/h5-8H2,1-4H3,(H3,12,13,14). The Balaban J connectivity index is 2.53. The normalized spacial score (nSPS) is 20.1. The highest BCUT2D eigenvalue weighted by Gasteiger charge is 2.45. The fourth-order valence-electron chi connectivity index (χ4n) is 1.76.